The zero-order valence-corrected chi connectivity index (χ0v) is 9.29. The van der Waals surface area contributed by atoms with Crippen molar-refractivity contribution in [3.05, 3.63) is 53.1 Å². The molecule has 80 valence electrons. The molecular formula is C13H10ClNO. The lowest BCUT2D eigenvalue weighted by Gasteiger charge is -2.07. The minimum Gasteiger partial charge on any atom is -0.487 e. The molecule has 3 heteroatoms. The van der Waals surface area contributed by atoms with Crippen molar-refractivity contribution in [2.24, 2.45) is 0 Å². The van der Waals surface area contributed by atoms with Gasteiger partial charge in [0.05, 0.1) is 5.69 Å². The van der Waals surface area contributed by atoms with Crippen molar-refractivity contribution in [2.75, 3.05) is 5.32 Å². The van der Waals surface area contributed by atoms with Crippen LogP contribution in [0.3, 0.4) is 0 Å². The molecule has 1 heterocycles. The van der Waals surface area contributed by atoms with E-state index in [2.05, 4.69) is 5.32 Å². The molecule has 0 unspecified atom stereocenters. The minimum atomic E-state index is 0.566. The molecule has 0 saturated carbocycles. The van der Waals surface area contributed by atoms with Crippen molar-refractivity contribution in [2.45, 2.75) is 6.61 Å². The Hall–Kier alpha value is -1.67. The molecule has 0 aliphatic carbocycles. The highest BCUT2D eigenvalue weighted by atomic mass is 35.5. The first kappa shape index (κ1) is 9.55. The third kappa shape index (κ3) is 1.61. The highest BCUT2D eigenvalue weighted by Crippen LogP contribution is 2.34. The molecule has 0 bridgehead atoms. The maximum absolute atomic E-state index is 5.98. The molecular weight excluding hydrogens is 222 g/mol. The number of para-hydroxylation sites is 2. The van der Waals surface area contributed by atoms with Crippen molar-refractivity contribution in [3.63, 3.8) is 0 Å². The van der Waals surface area contributed by atoms with Gasteiger partial charge in [-0.05, 0) is 24.3 Å². The second-order valence-corrected chi connectivity index (χ2v) is 4.15. The number of halogens is 1. The summed E-state index contributed by atoms with van der Waals surface area (Å²) in [6.45, 7) is 0.566. The number of nitrogens with one attached hydrogen (secondary N) is 1. The Morgan fingerprint density at radius 3 is 2.88 bits per heavy atom. The molecule has 2 aromatic rings. The lowest BCUT2D eigenvalue weighted by atomic mass is 10.2. The summed E-state index contributed by atoms with van der Waals surface area (Å²) in [6.07, 6.45) is 0. The van der Waals surface area contributed by atoms with Crippen LogP contribution in [0.1, 0.15) is 5.56 Å². The van der Waals surface area contributed by atoms with Gasteiger partial charge >= 0.3 is 0 Å². The molecule has 0 aromatic heterocycles. The molecule has 0 radical (unpaired) electrons. The Labute approximate surface area is 98.8 Å². The largest absolute Gasteiger partial charge is 0.487 e. The van der Waals surface area contributed by atoms with E-state index >= 15 is 0 Å². The summed E-state index contributed by atoms with van der Waals surface area (Å²) < 4.78 is 5.71. The number of hydrogen-bond donors (Lipinski definition) is 1. The highest BCUT2D eigenvalue weighted by Gasteiger charge is 2.12. The van der Waals surface area contributed by atoms with Crippen LogP contribution in [0.5, 0.6) is 5.75 Å². The van der Waals surface area contributed by atoms with Crippen LogP contribution in [0.4, 0.5) is 11.4 Å². The first-order valence-electron chi connectivity index (χ1n) is 5.10. The van der Waals surface area contributed by atoms with Crippen LogP contribution in [0.15, 0.2) is 42.5 Å². The topological polar surface area (TPSA) is 21.3 Å². The third-order valence-corrected chi connectivity index (χ3v) is 2.85. The average molecular weight is 232 g/mol. The predicted molar refractivity (Wildman–Crippen MR) is 65.5 cm³/mol. The second-order valence-electron chi connectivity index (χ2n) is 3.71. The number of ether oxygens (including phenoxy) is 1. The lowest BCUT2D eigenvalue weighted by molar-refractivity contribution is 0.311. The van der Waals surface area contributed by atoms with E-state index in [4.69, 9.17) is 16.3 Å². The van der Waals surface area contributed by atoms with Gasteiger partial charge in [0.15, 0.2) is 0 Å². The zero-order chi connectivity index (χ0) is 11.0. The van der Waals surface area contributed by atoms with Crippen molar-refractivity contribution in [1.82, 2.24) is 0 Å². The maximum atomic E-state index is 5.98. The van der Waals surface area contributed by atoms with E-state index in [1.807, 2.05) is 42.5 Å². The summed E-state index contributed by atoms with van der Waals surface area (Å²) in [5.74, 6) is 0.870. The number of anilines is 2. The van der Waals surface area contributed by atoms with Crippen molar-refractivity contribution in [1.29, 1.82) is 0 Å². The molecule has 1 aliphatic heterocycles. The maximum Gasteiger partial charge on any atom is 0.143 e. The van der Waals surface area contributed by atoms with E-state index < -0.39 is 0 Å². The number of hydrogen-bond acceptors (Lipinski definition) is 2. The van der Waals surface area contributed by atoms with Crippen LogP contribution < -0.4 is 10.1 Å². The fraction of sp³-hybridized carbons (Fsp3) is 0.0769. The fourth-order valence-corrected chi connectivity index (χ4v) is 1.96. The van der Waals surface area contributed by atoms with E-state index in [1.165, 1.54) is 0 Å². The number of rotatable bonds is 0. The SMILES string of the molecule is Clc1ccc2c(c1)Nc1ccccc1OC2. The Morgan fingerprint density at radius 1 is 1.06 bits per heavy atom. The Kier molecular flexibility index (Phi) is 2.22. The van der Waals surface area contributed by atoms with Crippen LogP contribution >= 0.6 is 11.6 Å². The smallest absolute Gasteiger partial charge is 0.143 e. The van der Waals surface area contributed by atoms with Gasteiger partial charge in [-0.15, -0.1) is 0 Å². The van der Waals surface area contributed by atoms with Gasteiger partial charge in [-0.2, -0.15) is 0 Å². The Bertz CT molecular complexity index is 539. The lowest BCUT2D eigenvalue weighted by Crippen LogP contribution is -1.93. The average Bonchev–Trinajstić information content (AvgIpc) is 2.47. The van der Waals surface area contributed by atoms with Crippen LogP contribution in [0, 0.1) is 0 Å². The predicted octanol–water partition coefficient (Wildman–Crippen LogP) is 3.98. The summed E-state index contributed by atoms with van der Waals surface area (Å²) in [5.41, 5.74) is 3.10. The molecule has 3 rings (SSSR count). The van der Waals surface area contributed by atoms with E-state index in [0.29, 0.717) is 6.61 Å². The number of benzene rings is 2. The molecule has 0 fully saturated rings. The van der Waals surface area contributed by atoms with Gasteiger partial charge in [0, 0.05) is 16.3 Å². The van der Waals surface area contributed by atoms with E-state index in [-0.39, 0.29) is 0 Å². The summed E-state index contributed by atoms with van der Waals surface area (Å²) >= 11 is 5.98. The third-order valence-electron chi connectivity index (χ3n) is 2.61. The molecule has 0 atom stereocenters. The van der Waals surface area contributed by atoms with Gasteiger partial charge in [0.2, 0.25) is 0 Å². The van der Waals surface area contributed by atoms with Crippen molar-refractivity contribution in [3.8, 4) is 5.75 Å². The van der Waals surface area contributed by atoms with Gasteiger partial charge in [0.25, 0.3) is 0 Å². The quantitative estimate of drug-likeness (QED) is 0.741. The van der Waals surface area contributed by atoms with Crippen LogP contribution in [-0.4, -0.2) is 0 Å². The van der Waals surface area contributed by atoms with Crippen LogP contribution in [-0.2, 0) is 6.61 Å². The van der Waals surface area contributed by atoms with Crippen LogP contribution in [0.2, 0.25) is 5.02 Å². The van der Waals surface area contributed by atoms with Gasteiger partial charge in [0.1, 0.15) is 12.4 Å². The Morgan fingerprint density at radius 2 is 1.94 bits per heavy atom. The van der Waals surface area contributed by atoms with Gasteiger partial charge in [-0.1, -0.05) is 29.8 Å². The summed E-state index contributed by atoms with van der Waals surface area (Å²) in [6, 6.07) is 13.7. The fourth-order valence-electron chi connectivity index (χ4n) is 1.79. The molecule has 2 nitrogen and oxygen atoms in total. The zero-order valence-electron chi connectivity index (χ0n) is 8.53. The van der Waals surface area contributed by atoms with Crippen molar-refractivity contribution < 1.29 is 4.74 Å². The molecule has 0 saturated heterocycles. The first-order valence-corrected chi connectivity index (χ1v) is 5.48. The Balaban J connectivity index is 2.10. The molecule has 0 spiro atoms. The highest BCUT2D eigenvalue weighted by molar-refractivity contribution is 6.30. The molecule has 0 amide bonds. The monoisotopic (exact) mass is 231 g/mol. The molecule has 1 N–H and O–H groups in total. The van der Waals surface area contributed by atoms with E-state index in [1.54, 1.807) is 0 Å². The molecule has 2 aromatic carbocycles. The first-order chi connectivity index (χ1) is 7.83. The standard InChI is InChI=1S/C13H10ClNO/c14-10-6-5-9-8-16-13-4-2-1-3-11(13)15-12(9)7-10/h1-7,15H,8H2. The van der Waals surface area contributed by atoms with E-state index in [9.17, 15) is 0 Å². The van der Waals surface area contributed by atoms with Crippen molar-refractivity contribution >= 4 is 23.0 Å². The summed E-state index contributed by atoms with van der Waals surface area (Å²) in [7, 11) is 0. The van der Waals surface area contributed by atoms with Gasteiger partial charge < -0.3 is 10.1 Å². The molecule has 1 aliphatic rings. The second kappa shape index (κ2) is 3.72. The normalized spacial score (nSPS) is 12.8. The van der Waals surface area contributed by atoms with Crippen LogP contribution in [0.25, 0.3) is 0 Å². The number of fused-ring (bicyclic) bond motifs is 2. The van der Waals surface area contributed by atoms with Gasteiger partial charge in [-0.3, -0.25) is 0 Å². The van der Waals surface area contributed by atoms with Gasteiger partial charge in [-0.25, -0.2) is 0 Å². The summed E-state index contributed by atoms with van der Waals surface area (Å²) in [5, 5.41) is 4.06. The van der Waals surface area contributed by atoms with E-state index in [0.717, 1.165) is 27.7 Å². The minimum absolute atomic E-state index is 0.566. The summed E-state index contributed by atoms with van der Waals surface area (Å²) in [4.78, 5) is 0. The molecule has 16 heavy (non-hydrogen) atoms.